The molecule has 1 aliphatic rings. The second-order valence-corrected chi connectivity index (χ2v) is 4.89. The largest absolute Gasteiger partial charge is 0.508 e. The maximum absolute atomic E-state index is 10.8. The summed E-state index contributed by atoms with van der Waals surface area (Å²) in [6, 6.07) is 6.76. The molecule has 0 amide bonds. The van der Waals surface area contributed by atoms with Crippen molar-refractivity contribution in [3.63, 3.8) is 0 Å². The molecular formula is C15H18O2. The lowest BCUT2D eigenvalue weighted by molar-refractivity contribution is 0.0238. The van der Waals surface area contributed by atoms with Gasteiger partial charge in [-0.3, -0.25) is 0 Å². The first-order valence-corrected chi connectivity index (χ1v) is 5.92. The van der Waals surface area contributed by atoms with Gasteiger partial charge in [0, 0.05) is 5.92 Å². The smallest absolute Gasteiger partial charge is 0.115 e. The Labute approximate surface area is 102 Å². The molecule has 0 aromatic heterocycles. The summed E-state index contributed by atoms with van der Waals surface area (Å²) in [5, 5.41) is 20.1. The highest BCUT2D eigenvalue weighted by Crippen LogP contribution is 2.39. The van der Waals surface area contributed by atoms with Crippen molar-refractivity contribution < 1.29 is 10.2 Å². The van der Waals surface area contributed by atoms with E-state index in [0.29, 0.717) is 5.92 Å². The summed E-state index contributed by atoms with van der Waals surface area (Å²) < 4.78 is 0. The molecule has 90 valence electrons. The van der Waals surface area contributed by atoms with E-state index in [1.807, 2.05) is 24.3 Å². The van der Waals surface area contributed by atoms with Crippen molar-refractivity contribution in [3.8, 4) is 5.75 Å². The number of phenolic OH excluding ortho intramolecular Hbond substituents is 1. The molecular weight excluding hydrogens is 212 g/mol. The zero-order chi connectivity index (χ0) is 12.5. The van der Waals surface area contributed by atoms with Crippen LogP contribution < -0.4 is 0 Å². The number of aromatic hydroxyl groups is 1. The monoisotopic (exact) mass is 230 g/mol. The second-order valence-electron chi connectivity index (χ2n) is 4.89. The van der Waals surface area contributed by atoms with Crippen molar-refractivity contribution >= 4 is 0 Å². The van der Waals surface area contributed by atoms with Crippen molar-refractivity contribution in [1.82, 2.24) is 0 Å². The molecule has 0 fully saturated rings. The minimum atomic E-state index is -0.976. The van der Waals surface area contributed by atoms with Crippen LogP contribution in [0.4, 0.5) is 0 Å². The standard InChI is InChI=1S/C15H18O2/c1-11(2)14-5-3-4-10-15(14,17)12-6-8-13(16)9-7-12/h3-11,14,16-17H,1-2H3. The van der Waals surface area contributed by atoms with E-state index in [0.717, 1.165) is 5.56 Å². The summed E-state index contributed by atoms with van der Waals surface area (Å²) in [7, 11) is 0. The van der Waals surface area contributed by atoms with Crippen molar-refractivity contribution in [3.05, 3.63) is 54.1 Å². The fraction of sp³-hybridized carbons (Fsp3) is 0.333. The van der Waals surface area contributed by atoms with Gasteiger partial charge in [-0.2, -0.15) is 0 Å². The summed E-state index contributed by atoms with van der Waals surface area (Å²) in [5.74, 6) is 0.612. The highest BCUT2D eigenvalue weighted by molar-refractivity contribution is 5.37. The van der Waals surface area contributed by atoms with E-state index in [1.54, 1.807) is 24.3 Å². The van der Waals surface area contributed by atoms with Crippen LogP contribution in [0.25, 0.3) is 0 Å². The van der Waals surface area contributed by atoms with Crippen LogP contribution in [0.15, 0.2) is 48.6 Å². The molecule has 0 aliphatic heterocycles. The number of aliphatic hydroxyl groups is 1. The van der Waals surface area contributed by atoms with E-state index in [4.69, 9.17) is 0 Å². The Hall–Kier alpha value is -1.54. The molecule has 0 bridgehead atoms. The maximum Gasteiger partial charge on any atom is 0.115 e. The van der Waals surface area contributed by atoms with Gasteiger partial charge in [-0.1, -0.05) is 44.2 Å². The molecule has 2 heteroatoms. The van der Waals surface area contributed by atoms with Crippen LogP contribution in [0.2, 0.25) is 0 Å². The molecule has 0 spiro atoms. The van der Waals surface area contributed by atoms with Crippen molar-refractivity contribution in [2.75, 3.05) is 0 Å². The summed E-state index contributed by atoms with van der Waals surface area (Å²) in [4.78, 5) is 0. The summed E-state index contributed by atoms with van der Waals surface area (Å²) >= 11 is 0. The number of rotatable bonds is 2. The van der Waals surface area contributed by atoms with Gasteiger partial charge in [0.05, 0.1) is 0 Å². The normalized spacial score (nSPS) is 27.6. The first-order chi connectivity index (χ1) is 8.04. The highest BCUT2D eigenvalue weighted by Gasteiger charge is 2.37. The van der Waals surface area contributed by atoms with Gasteiger partial charge in [-0.15, -0.1) is 0 Å². The Balaban J connectivity index is 2.42. The molecule has 2 unspecified atom stereocenters. The zero-order valence-corrected chi connectivity index (χ0v) is 10.2. The maximum atomic E-state index is 10.8. The van der Waals surface area contributed by atoms with Gasteiger partial charge in [0.2, 0.25) is 0 Å². The Morgan fingerprint density at radius 2 is 1.76 bits per heavy atom. The molecule has 17 heavy (non-hydrogen) atoms. The van der Waals surface area contributed by atoms with Gasteiger partial charge in [-0.25, -0.2) is 0 Å². The SMILES string of the molecule is CC(C)C1C=CC=CC1(O)c1ccc(O)cc1. The number of benzene rings is 1. The molecule has 2 N–H and O–H groups in total. The first kappa shape index (κ1) is 11.9. The van der Waals surface area contributed by atoms with E-state index in [2.05, 4.69) is 13.8 Å². The van der Waals surface area contributed by atoms with Gasteiger partial charge >= 0.3 is 0 Å². The van der Waals surface area contributed by atoms with Crippen LogP contribution in [0.5, 0.6) is 5.75 Å². The van der Waals surface area contributed by atoms with Gasteiger partial charge in [0.25, 0.3) is 0 Å². The molecule has 0 saturated heterocycles. The third-order valence-electron chi connectivity index (χ3n) is 3.34. The minimum Gasteiger partial charge on any atom is -0.508 e. The molecule has 0 radical (unpaired) electrons. The van der Waals surface area contributed by atoms with Crippen LogP contribution in [0.3, 0.4) is 0 Å². The highest BCUT2D eigenvalue weighted by atomic mass is 16.3. The number of allylic oxidation sites excluding steroid dienone is 2. The van der Waals surface area contributed by atoms with Crippen molar-refractivity contribution in [2.24, 2.45) is 11.8 Å². The lowest BCUT2D eigenvalue weighted by atomic mass is 9.73. The molecule has 2 atom stereocenters. The van der Waals surface area contributed by atoms with E-state index in [-0.39, 0.29) is 11.7 Å². The average molecular weight is 230 g/mol. The quantitative estimate of drug-likeness (QED) is 0.820. The second kappa shape index (κ2) is 4.38. The molecule has 0 heterocycles. The predicted molar refractivity (Wildman–Crippen MR) is 68.6 cm³/mol. The minimum absolute atomic E-state index is 0.0528. The van der Waals surface area contributed by atoms with Crippen LogP contribution in [-0.4, -0.2) is 10.2 Å². The van der Waals surface area contributed by atoms with Gasteiger partial charge in [0.15, 0.2) is 0 Å². The summed E-state index contributed by atoms with van der Waals surface area (Å²) in [6.07, 6.45) is 7.70. The third kappa shape index (κ3) is 2.13. The van der Waals surface area contributed by atoms with E-state index < -0.39 is 5.60 Å². The molecule has 2 rings (SSSR count). The molecule has 1 aliphatic carbocycles. The molecule has 2 nitrogen and oxygen atoms in total. The van der Waals surface area contributed by atoms with Crippen LogP contribution in [0.1, 0.15) is 19.4 Å². The number of phenols is 1. The lowest BCUT2D eigenvalue weighted by Crippen LogP contribution is -2.36. The van der Waals surface area contributed by atoms with Gasteiger partial charge < -0.3 is 10.2 Å². The Bertz CT molecular complexity index is 442. The van der Waals surface area contributed by atoms with Gasteiger partial charge in [-0.05, 0) is 29.7 Å². The zero-order valence-electron chi connectivity index (χ0n) is 10.2. The van der Waals surface area contributed by atoms with Crippen LogP contribution >= 0.6 is 0 Å². The van der Waals surface area contributed by atoms with E-state index in [9.17, 15) is 10.2 Å². The van der Waals surface area contributed by atoms with E-state index in [1.165, 1.54) is 0 Å². The third-order valence-corrected chi connectivity index (χ3v) is 3.34. The summed E-state index contributed by atoms with van der Waals surface area (Å²) in [5.41, 5.74) is -0.161. The van der Waals surface area contributed by atoms with Crippen molar-refractivity contribution in [1.29, 1.82) is 0 Å². The lowest BCUT2D eigenvalue weighted by Gasteiger charge is -2.36. The molecule has 1 aromatic carbocycles. The Morgan fingerprint density at radius 1 is 1.12 bits per heavy atom. The van der Waals surface area contributed by atoms with E-state index >= 15 is 0 Å². The van der Waals surface area contributed by atoms with Crippen molar-refractivity contribution in [2.45, 2.75) is 19.4 Å². The molecule has 1 aromatic rings. The molecule has 0 saturated carbocycles. The predicted octanol–water partition coefficient (Wildman–Crippen LogP) is 2.98. The number of hydrogen-bond acceptors (Lipinski definition) is 2. The van der Waals surface area contributed by atoms with Crippen LogP contribution in [-0.2, 0) is 5.60 Å². The first-order valence-electron chi connectivity index (χ1n) is 5.92. The Morgan fingerprint density at radius 3 is 2.35 bits per heavy atom. The Kier molecular flexibility index (Phi) is 3.07. The fourth-order valence-electron chi connectivity index (χ4n) is 2.39. The topological polar surface area (TPSA) is 40.5 Å². The van der Waals surface area contributed by atoms with Gasteiger partial charge in [0.1, 0.15) is 11.4 Å². The average Bonchev–Trinajstić information content (AvgIpc) is 2.29. The van der Waals surface area contributed by atoms with Crippen LogP contribution in [0, 0.1) is 11.8 Å². The number of hydrogen-bond donors (Lipinski definition) is 2. The summed E-state index contributed by atoms with van der Waals surface area (Å²) in [6.45, 7) is 4.19. The fourth-order valence-corrected chi connectivity index (χ4v) is 2.39.